The van der Waals surface area contributed by atoms with Gasteiger partial charge in [0.1, 0.15) is 12.6 Å². The molecule has 1 aromatic rings. The molecule has 0 saturated carbocycles. The van der Waals surface area contributed by atoms with Crippen molar-refractivity contribution in [3.63, 3.8) is 0 Å². The van der Waals surface area contributed by atoms with E-state index in [9.17, 15) is 14.4 Å². The average Bonchev–Trinajstić information content (AvgIpc) is 2.66. The number of piperazine rings is 1. The third kappa shape index (κ3) is 3.77. The molecule has 0 aromatic heterocycles. The van der Waals surface area contributed by atoms with Gasteiger partial charge in [0.15, 0.2) is 0 Å². The lowest BCUT2D eigenvalue weighted by molar-refractivity contribution is -0.141. The van der Waals surface area contributed by atoms with Crippen LogP contribution in [-0.4, -0.2) is 67.0 Å². The predicted molar refractivity (Wildman–Crippen MR) is 97.1 cm³/mol. The second-order valence-electron chi connectivity index (χ2n) is 6.46. The van der Waals surface area contributed by atoms with Crippen LogP contribution in [-0.2, 0) is 14.3 Å². The summed E-state index contributed by atoms with van der Waals surface area (Å²) in [6.45, 7) is 1.31. The number of likely N-dealkylation sites (tertiary alicyclic amines) is 1. The summed E-state index contributed by atoms with van der Waals surface area (Å²) in [5.74, 6) is -0.346. The molecule has 2 aliphatic rings. The number of anilines is 1. The molecule has 0 radical (unpaired) electrons. The van der Waals surface area contributed by atoms with Crippen LogP contribution < -0.4 is 4.90 Å². The maximum atomic E-state index is 12.9. The number of halogens is 1. The fraction of sp³-hybridized carbons (Fsp3) is 0.500. The molecule has 1 atom stereocenters. The summed E-state index contributed by atoms with van der Waals surface area (Å²) in [7, 11) is 1.31. The first-order valence-corrected chi connectivity index (χ1v) is 9.08. The van der Waals surface area contributed by atoms with Crippen LogP contribution in [0.3, 0.4) is 0 Å². The molecule has 1 aromatic carbocycles. The zero-order valence-corrected chi connectivity index (χ0v) is 15.4. The molecule has 8 heteroatoms. The molecule has 140 valence electrons. The maximum Gasteiger partial charge on any atom is 0.410 e. The number of nitrogens with zero attached hydrogens (tertiary/aromatic N) is 3. The summed E-state index contributed by atoms with van der Waals surface area (Å²) in [4.78, 5) is 42.1. The van der Waals surface area contributed by atoms with E-state index < -0.39 is 12.1 Å². The second-order valence-corrected chi connectivity index (χ2v) is 6.90. The Morgan fingerprint density at radius 1 is 1.19 bits per heavy atom. The van der Waals surface area contributed by atoms with Crippen LogP contribution >= 0.6 is 11.6 Å². The van der Waals surface area contributed by atoms with Gasteiger partial charge in [-0.25, -0.2) is 4.79 Å². The van der Waals surface area contributed by atoms with E-state index in [2.05, 4.69) is 0 Å². The molecular weight excluding hydrogens is 358 g/mol. The first kappa shape index (κ1) is 18.5. The van der Waals surface area contributed by atoms with Crippen molar-refractivity contribution in [3.8, 4) is 0 Å². The molecule has 7 nitrogen and oxygen atoms in total. The van der Waals surface area contributed by atoms with Crippen LogP contribution in [0.5, 0.6) is 0 Å². The van der Waals surface area contributed by atoms with Crippen molar-refractivity contribution in [3.05, 3.63) is 29.3 Å². The number of piperidine rings is 1. The number of carbonyl (C=O) groups is 3. The Morgan fingerprint density at radius 3 is 2.69 bits per heavy atom. The molecule has 3 rings (SSSR count). The Kier molecular flexibility index (Phi) is 5.66. The Balaban J connectivity index is 1.68. The summed E-state index contributed by atoms with van der Waals surface area (Å²) >= 11 is 6.00. The fourth-order valence-electron chi connectivity index (χ4n) is 3.51. The Morgan fingerprint density at radius 2 is 2.00 bits per heavy atom. The molecule has 0 spiro atoms. The molecule has 3 amide bonds. The number of rotatable bonds is 2. The lowest BCUT2D eigenvalue weighted by Crippen LogP contribution is -2.58. The van der Waals surface area contributed by atoms with Gasteiger partial charge in [0.2, 0.25) is 11.8 Å². The number of hydrogen-bond donors (Lipinski definition) is 0. The Labute approximate surface area is 157 Å². The topological polar surface area (TPSA) is 70.2 Å². The van der Waals surface area contributed by atoms with Crippen LogP contribution in [0.1, 0.15) is 19.3 Å². The van der Waals surface area contributed by atoms with Gasteiger partial charge in [0.05, 0.1) is 7.11 Å². The van der Waals surface area contributed by atoms with E-state index in [4.69, 9.17) is 16.3 Å². The summed E-state index contributed by atoms with van der Waals surface area (Å²) in [5.41, 5.74) is 0.725. The lowest BCUT2D eigenvalue weighted by Gasteiger charge is -2.39. The molecule has 0 N–H and O–H groups in total. The van der Waals surface area contributed by atoms with Gasteiger partial charge in [-0.2, -0.15) is 0 Å². The standard InChI is InChI=1S/C18H22ClN3O4/c1-26-18(25)22-8-3-2-7-15(22)17(24)20-9-10-21(16(23)12-20)14-6-4-5-13(19)11-14/h4-6,11,15H,2-3,7-10,12H2,1H3. The molecule has 0 bridgehead atoms. The Hall–Kier alpha value is -2.28. The van der Waals surface area contributed by atoms with Gasteiger partial charge in [-0.3, -0.25) is 14.5 Å². The number of ether oxygens (including phenoxy) is 1. The van der Waals surface area contributed by atoms with E-state index in [1.807, 2.05) is 6.07 Å². The van der Waals surface area contributed by atoms with Crippen LogP contribution in [0.25, 0.3) is 0 Å². The zero-order valence-electron chi connectivity index (χ0n) is 14.7. The highest BCUT2D eigenvalue weighted by Crippen LogP contribution is 2.24. The van der Waals surface area contributed by atoms with Crippen LogP contribution in [0.2, 0.25) is 5.02 Å². The van der Waals surface area contributed by atoms with Crippen molar-refractivity contribution in [2.24, 2.45) is 0 Å². The number of methoxy groups -OCH3 is 1. The van der Waals surface area contributed by atoms with Crippen LogP contribution in [0.15, 0.2) is 24.3 Å². The van der Waals surface area contributed by atoms with E-state index in [1.165, 1.54) is 16.9 Å². The normalized spacial score (nSPS) is 20.9. The fourth-order valence-corrected chi connectivity index (χ4v) is 3.70. The van der Waals surface area contributed by atoms with E-state index in [0.717, 1.165) is 18.5 Å². The monoisotopic (exact) mass is 379 g/mol. The highest BCUT2D eigenvalue weighted by molar-refractivity contribution is 6.30. The first-order valence-electron chi connectivity index (χ1n) is 8.70. The van der Waals surface area contributed by atoms with Crippen LogP contribution in [0, 0.1) is 0 Å². The van der Waals surface area contributed by atoms with Crippen LogP contribution in [0.4, 0.5) is 10.5 Å². The largest absolute Gasteiger partial charge is 0.453 e. The lowest BCUT2D eigenvalue weighted by atomic mass is 10.0. The summed E-state index contributed by atoms with van der Waals surface area (Å²) in [6.07, 6.45) is 1.82. The molecule has 26 heavy (non-hydrogen) atoms. The SMILES string of the molecule is COC(=O)N1CCCCC1C(=O)N1CCN(c2cccc(Cl)c2)C(=O)C1. The van der Waals surface area contributed by atoms with Crippen molar-refractivity contribution >= 4 is 35.2 Å². The molecule has 0 aliphatic carbocycles. The minimum Gasteiger partial charge on any atom is -0.453 e. The highest BCUT2D eigenvalue weighted by atomic mass is 35.5. The summed E-state index contributed by atoms with van der Waals surface area (Å²) < 4.78 is 4.79. The highest BCUT2D eigenvalue weighted by Gasteiger charge is 2.38. The quantitative estimate of drug-likeness (QED) is 0.789. The smallest absolute Gasteiger partial charge is 0.410 e. The third-order valence-electron chi connectivity index (χ3n) is 4.85. The maximum absolute atomic E-state index is 12.9. The van der Waals surface area contributed by atoms with Gasteiger partial charge < -0.3 is 14.5 Å². The van der Waals surface area contributed by atoms with Crippen molar-refractivity contribution in [1.82, 2.24) is 9.80 Å². The third-order valence-corrected chi connectivity index (χ3v) is 5.08. The van der Waals surface area contributed by atoms with Gasteiger partial charge in [-0.15, -0.1) is 0 Å². The predicted octanol–water partition coefficient (Wildman–Crippen LogP) is 2.14. The molecular formula is C18H22ClN3O4. The van der Waals surface area contributed by atoms with Gasteiger partial charge in [0, 0.05) is 30.3 Å². The van der Waals surface area contributed by atoms with Crippen molar-refractivity contribution < 1.29 is 19.1 Å². The zero-order chi connectivity index (χ0) is 18.7. The van der Waals surface area contributed by atoms with Gasteiger partial charge in [-0.05, 0) is 37.5 Å². The van der Waals surface area contributed by atoms with E-state index in [-0.39, 0.29) is 18.4 Å². The van der Waals surface area contributed by atoms with Gasteiger partial charge >= 0.3 is 6.09 Å². The minimum absolute atomic E-state index is 0.00312. The number of benzene rings is 1. The molecule has 2 fully saturated rings. The van der Waals surface area contributed by atoms with Gasteiger partial charge in [-0.1, -0.05) is 17.7 Å². The van der Waals surface area contributed by atoms with E-state index >= 15 is 0 Å². The Bertz CT molecular complexity index is 711. The summed E-state index contributed by atoms with van der Waals surface area (Å²) in [5, 5.41) is 0.560. The molecule has 2 heterocycles. The molecule has 2 aliphatic heterocycles. The summed E-state index contributed by atoms with van der Waals surface area (Å²) in [6, 6.07) is 6.54. The molecule has 2 saturated heterocycles. The number of carbonyl (C=O) groups excluding carboxylic acids is 3. The number of hydrogen-bond acceptors (Lipinski definition) is 4. The van der Waals surface area contributed by atoms with E-state index in [1.54, 1.807) is 23.1 Å². The average molecular weight is 380 g/mol. The second kappa shape index (κ2) is 7.95. The molecule has 1 unspecified atom stereocenters. The minimum atomic E-state index is -0.554. The van der Waals surface area contributed by atoms with Crippen molar-refractivity contribution in [2.75, 3.05) is 38.2 Å². The van der Waals surface area contributed by atoms with Gasteiger partial charge in [0.25, 0.3) is 0 Å². The van der Waals surface area contributed by atoms with Crippen molar-refractivity contribution in [1.29, 1.82) is 0 Å². The number of amides is 3. The van der Waals surface area contributed by atoms with Crippen molar-refractivity contribution in [2.45, 2.75) is 25.3 Å². The van der Waals surface area contributed by atoms with E-state index in [0.29, 0.717) is 31.1 Å². The first-order chi connectivity index (χ1) is 12.5.